The first-order valence-corrected chi connectivity index (χ1v) is 9.31. The van der Waals surface area contributed by atoms with Crippen LogP contribution in [0.4, 0.5) is 0 Å². The smallest absolute Gasteiger partial charge is 0.302 e. The predicted molar refractivity (Wildman–Crippen MR) is 96.1 cm³/mol. The molecule has 0 fully saturated rings. The van der Waals surface area contributed by atoms with Crippen LogP contribution in [0.5, 0.6) is 0 Å². The summed E-state index contributed by atoms with van der Waals surface area (Å²) in [5.41, 5.74) is 0.583. The number of aromatic nitrogens is 2. The molecule has 2 aromatic rings. The molecule has 0 aliphatic carbocycles. The van der Waals surface area contributed by atoms with E-state index >= 15 is 0 Å². The highest BCUT2D eigenvalue weighted by atomic mass is 32.2. The van der Waals surface area contributed by atoms with Gasteiger partial charge >= 0.3 is 5.69 Å². The van der Waals surface area contributed by atoms with Crippen molar-refractivity contribution in [1.82, 2.24) is 13.4 Å². The van der Waals surface area contributed by atoms with E-state index in [9.17, 15) is 18.0 Å². The molecule has 1 aromatic heterocycles. The maximum absolute atomic E-state index is 12.7. The number of hydrogen-bond acceptors (Lipinski definition) is 4. The summed E-state index contributed by atoms with van der Waals surface area (Å²) in [6.45, 7) is 4.30. The van der Waals surface area contributed by atoms with E-state index < -0.39 is 26.2 Å². The average molecular weight is 365 g/mol. The maximum Gasteiger partial charge on any atom is 0.330 e. The fraction of sp³-hybridized carbons (Fsp3) is 0.412. The third kappa shape index (κ3) is 3.74. The minimum Gasteiger partial charge on any atom is -0.302 e. The van der Waals surface area contributed by atoms with Gasteiger partial charge in [-0.25, -0.2) is 13.2 Å². The average Bonchev–Trinajstić information content (AvgIpc) is 2.56. The van der Waals surface area contributed by atoms with E-state index in [0.29, 0.717) is 5.92 Å². The van der Waals surface area contributed by atoms with Gasteiger partial charge in [-0.1, -0.05) is 38.1 Å². The Kier molecular flexibility index (Phi) is 5.34. The van der Waals surface area contributed by atoms with Crippen molar-refractivity contribution >= 4 is 10.0 Å². The highest BCUT2D eigenvalue weighted by Gasteiger charge is 2.26. The molecule has 0 aliphatic rings. The molecule has 0 amide bonds. The normalized spacial score (nSPS) is 12.1. The molecule has 25 heavy (non-hydrogen) atoms. The predicted octanol–water partition coefficient (Wildman–Crippen LogP) is 1.03. The van der Waals surface area contributed by atoms with Crippen molar-refractivity contribution < 1.29 is 8.42 Å². The second-order valence-corrected chi connectivity index (χ2v) is 8.42. The van der Waals surface area contributed by atoms with Crippen LogP contribution in [0, 0.1) is 0 Å². The Morgan fingerprint density at radius 2 is 1.64 bits per heavy atom. The van der Waals surface area contributed by atoms with Crippen molar-refractivity contribution in [2.75, 3.05) is 7.05 Å². The van der Waals surface area contributed by atoms with Crippen LogP contribution >= 0.6 is 0 Å². The minimum atomic E-state index is -4.02. The fourth-order valence-electron chi connectivity index (χ4n) is 2.47. The molecule has 0 N–H and O–H groups in total. The summed E-state index contributed by atoms with van der Waals surface area (Å²) >= 11 is 0. The molecule has 0 aliphatic heterocycles. The number of aryl methyl sites for hydroxylation is 1. The summed E-state index contributed by atoms with van der Waals surface area (Å²) in [5, 5.41) is 0. The van der Waals surface area contributed by atoms with E-state index in [0.717, 1.165) is 25.2 Å². The molecular formula is C17H23N3O4S. The van der Waals surface area contributed by atoms with Gasteiger partial charge in [0.25, 0.3) is 5.56 Å². The Labute approximate surface area is 147 Å². The van der Waals surface area contributed by atoms with Gasteiger partial charge in [0.2, 0.25) is 10.0 Å². The number of nitrogens with zero attached hydrogens (tertiary/aromatic N) is 3. The molecule has 0 saturated heterocycles. The Morgan fingerprint density at radius 3 is 2.16 bits per heavy atom. The van der Waals surface area contributed by atoms with Gasteiger partial charge in [0.15, 0.2) is 4.90 Å². The molecule has 0 spiro atoms. The highest BCUT2D eigenvalue weighted by Crippen LogP contribution is 2.17. The number of rotatable bonds is 5. The lowest BCUT2D eigenvalue weighted by Crippen LogP contribution is -2.41. The maximum atomic E-state index is 12.7. The van der Waals surface area contributed by atoms with E-state index in [1.165, 1.54) is 26.7 Å². The van der Waals surface area contributed by atoms with E-state index in [-0.39, 0.29) is 6.54 Å². The molecule has 0 saturated carbocycles. The molecule has 0 unspecified atom stereocenters. The van der Waals surface area contributed by atoms with Crippen LogP contribution < -0.4 is 11.2 Å². The highest BCUT2D eigenvalue weighted by molar-refractivity contribution is 7.89. The molecule has 8 heteroatoms. The van der Waals surface area contributed by atoms with Crippen LogP contribution in [-0.4, -0.2) is 28.9 Å². The van der Waals surface area contributed by atoms with Crippen molar-refractivity contribution in [3.63, 3.8) is 0 Å². The summed E-state index contributed by atoms with van der Waals surface area (Å²) < 4.78 is 28.5. The zero-order valence-electron chi connectivity index (χ0n) is 15.1. The molecular weight excluding hydrogens is 342 g/mol. The Bertz CT molecular complexity index is 986. The van der Waals surface area contributed by atoms with Gasteiger partial charge in [-0.3, -0.25) is 9.36 Å². The Balaban J connectivity index is 2.37. The van der Waals surface area contributed by atoms with Crippen molar-refractivity contribution in [2.45, 2.75) is 31.2 Å². The summed E-state index contributed by atoms with van der Waals surface area (Å²) in [5.74, 6) is 0.393. The van der Waals surface area contributed by atoms with Gasteiger partial charge in [-0.05, 0) is 17.0 Å². The summed E-state index contributed by atoms with van der Waals surface area (Å²) in [6.07, 6.45) is 1.07. The molecule has 0 bridgehead atoms. The first-order chi connectivity index (χ1) is 11.6. The van der Waals surface area contributed by atoms with Gasteiger partial charge in [-0.15, -0.1) is 0 Å². The Morgan fingerprint density at radius 1 is 1.08 bits per heavy atom. The summed E-state index contributed by atoms with van der Waals surface area (Å²) in [6, 6.07) is 7.68. The van der Waals surface area contributed by atoms with Crippen LogP contribution in [0.1, 0.15) is 30.9 Å². The van der Waals surface area contributed by atoms with Gasteiger partial charge in [-0.2, -0.15) is 4.31 Å². The van der Waals surface area contributed by atoms with Crippen LogP contribution in [0.25, 0.3) is 0 Å². The topological polar surface area (TPSA) is 81.4 Å². The Hall–Kier alpha value is -2.19. The number of hydrogen-bond donors (Lipinski definition) is 0. The second-order valence-electron chi connectivity index (χ2n) is 6.41. The number of benzene rings is 1. The molecule has 2 rings (SSSR count). The quantitative estimate of drug-likeness (QED) is 0.792. The summed E-state index contributed by atoms with van der Waals surface area (Å²) in [7, 11) is 0.0636. The lowest BCUT2D eigenvalue weighted by molar-refractivity contribution is 0.462. The zero-order valence-corrected chi connectivity index (χ0v) is 15.9. The van der Waals surface area contributed by atoms with Crippen molar-refractivity contribution in [1.29, 1.82) is 0 Å². The largest absolute Gasteiger partial charge is 0.330 e. The van der Waals surface area contributed by atoms with Crippen molar-refractivity contribution in [3.05, 3.63) is 62.4 Å². The third-order valence-electron chi connectivity index (χ3n) is 4.15. The number of sulfonamides is 1. The van der Waals surface area contributed by atoms with Crippen molar-refractivity contribution in [2.24, 2.45) is 14.1 Å². The molecule has 1 heterocycles. The van der Waals surface area contributed by atoms with E-state index in [1.54, 1.807) is 0 Å². The standard InChI is InChI=1S/C17H23N3O4S/c1-12(2)14-8-6-13(7-9-14)10-19(4)25(23,24)15-11-18(3)17(22)20(5)16(15)21/h6-9,11-12H,10H2,1-5H3. The molecule has 0 radical (unpaired) electrons. The van der Waals surface area contributed by atoms with Gasteiger partial charge in [0.1, 0.15) is 0 Å². The van der Waals surface area contributed by atoms with Crippen LogP contribution in [0.3, 0.4) is 0 Å². The molecule has 0 atom stereocenters. The van der Waals surface area contributed by atoms with Gasteiger partial charge in [0, 0.05) is 33.9 Å². The van der Waals surface area contributed by atoms with E-state index in [2.05, 4.69) is 13.8 Å². The molecule has 1 aromatic carbocycles. The third-order valence-corrected chi connectivity index (χ3v) is 5.94. The first kappa shape index (κ1) is 19.1. The molecule has 7 nitrogen and oxygen atoms in total. The summed E-state index contributed by atoms with van der Waals surface area (Å²) in [4.78, 5) is 23.5. The van der Waals surface area contributed by atoms with Crippen LogP contribution in [0.2, 0.25) is 0 Å². The SMILES string of the molecule is CC(C)c1ccc(CN(C)S(=O)(=O)c2cn(C)c(=O)n(C)c2=O)cc1. The molecule has 136 valence electrons. The lowest BCUT2D eigenvalue weighted by Gasteiger charge is -2.18. The zero-order chi connectivity index (χ0) is 18.9. The van der Waals surface area contributed by atoms with Gasteiger partial charge in [0.05, 0.1) is 0 Å². The fourth-order valence-corrected chi connectivity index (χ4v) is 3.77. The van der Waals surface area contributed by atoms with Crippen molar-refractivity contribution in [3.8, 4) is 0 Å². The van der Waals surface area contributed by atoms with E-state index in [1.807, 2.05) is 24.3 Å². The second kappa shape index (κ2) is 6.97. The lowest BCUT2D eigenvalue weighted by atomic mass is 10.0. The van der Waals surface area contributed by atoms with Crippen LogP contribution in [0.15, 0.2) is 44.9 Å². The first-order valence-electron chi connectivity index (χ1n) is 7.87. The van der Waals surface area contributed by atoms with E-state index in [4.69, 9.17) is 0 Å². The van der Waals surface area contributed by atoms with Gasteiger partial charge < -0.3 is 4.57 Å². The minimum absolute atomic E-state index is 0.132. The monoisotopic (exact) mass is 365 g/mol. The van der Waals surface area contributed by atoms with Crippen LogP contribution in [-0.2, 0) is 30.7 Å².